The Bertz CT molecular complexity index is 374. The highest BCUT2D eigenvalue weighted by molar-refractivity contribution is 7.97. The maximum absolute atomic E-state index is 9.90. The lowest BCUT2D eigenvalue weighted by Gasteiger charge is -2.34. The molecule has 0 bridgehead atoms. The third-order valence-electron chi connectivity index (χ3n) is 3.40. The second kappa shape index (κ2) is 7.29. The first-order chi connectivity index (χ1) is 9.30. The van der Waals surface area contributed by atoms with E-state index in [0.717, 1.165) is 30.8 Å². The predicted octanol–water partition coefficient (Wildman–Crippen LogP) is 2.65. The van der Waals surface area contributed by atoms with Gasteiger partial charge in [-0.3, -0.25) is 0 Å². The molecule has 1 N–H and O–H groups in total. The van der Waals surface area contributed by atoms with Crippen molar-refractivity contribution in [3.8, 4) is 0 Å². The fourth-order valence-corrected chi connectivity index (χ4v) is 3.35. The smallest absolute Gasteiger partial charge is 0.130 e. The normalized spacial score (nSPS) is 25.2. The van der Waals surface area contributed by atoms with Crippen molar-refractivity contribution in [1.29, 1.82) is 0 Å². The minimum Gasteiger partial charge on any atom is -0.393 e. The maximum Gasteiger partial charge on any atom is 0.130 e. The van der Waals surface area contributed by atoms with Crippen LogP contribution >= 0.6 is 11.9 Å². The third-order valence-corrected chi connectivity index (χ3v) is 4.66. The van der Waals surface area contributed by atoms with E-state index in [1.54, 1.807) is 0 Å². The molecule has 1 fully saturated rings. The standard InChI is InChI=1S/C15H23NO2S/c1-2-11-19-16-9-6-10-18-15(12-16,13-17)14-7-4-3-5-8-14/h3-5,7-8,17H,2,6,9-13H2,1H3. The van der Waals surface area contributed by atoms with Gasteiger partial charge in [0.15, 0.2) is 0 Å². The summed E-state index contributed by atoms with van der Waals surface area (Å²) in [5, 5.41) is 9.90. The number of nitrogens with zero attached hydrogens (tertiary/aromatic N) is 1. The summed E-state index contributed by atoms with van der Waals surface area (Å²) in [5.41, 5.74) is 0.500. The van der Waals surface area contributed by atoms with Crippen molar-refractivity contribution in [2.24, 2.45) is 0 Å². The molecule has 0 saturated carbocycles. The minimum absolute atomic E-state index is 0.0280. The van der Waals surface area contributed by atoms with Crippen LogP contribution in [0.15, 0.2) is 30.3 Å². The second-order valence-corrected chi connectivity index (χ2v) is 6.10. The Morgan fingerprint density at radius 1 is 1.37 bits per heavy atom. The summed E-state index contributed by atoms with van der Waals surface area (Å²) in [7, 11) is 0. The first-order valence-corrected chi connectivity index (χ1v) is 7.93. The molecule has 3 nitrogen and oxygen atoms in total. The third kappa shape index (κ3) is 3.72. The fraction of sp³-hybridized carbons (Fsp3) is 0.600. The zero-order valence-electron chi connectivity index (χ0n) is 11.5. The topological polar surface area (TPSA) is 32.7 Å². The van der Waals surface area contributed by atoms with Crippen molar-refractivity contribution in [2.75, 3.05) is 32.1 Å². The number of rotatable bonds is 5. The van der Waals surface area contributed by atoms with Crippen molar-refractivity contribution >= 4 is 11.9 Å². The van der Waals surface area contributed by atoms with Crippen molar-refractivity contribution in [2.45, 2.75) is 25.4 Å². The van der Waals surface area contributed by atoms with Gasteiger partial charge in [-0.05, 0) is 18.4 Å². The predicted molar refractivity (Wildman–Crippen MR) is 80.1 cm³/mol. The van der Waals surface area contributed by atoms with Gasteiger partial charge in [-0.15, -0.1) is 0 Å². The lowest BCUT2D eigenvalue weighted by Crippen LogP contribution is -2.42. The van der Waals surface area contributed by atoms with Crippen LogP contribution in [0.3, 0.4) is 0 Å². The highest BCUT2D eigenvalue weighted by Gasteiger charge is 2.36. The van der Waals surface area contributed by atoms with Crippen molar-refractivity contribution in [1.82, 2.24) is 4.31 Å². The zero-order valence-corrected chi connectivity index (χ0v) is 12.4. The average Bonchev–Trinajstić information content (AvgIpc) is 2.69. The van der Waals surface area contributed by atoms with Gasteiger partial charge in [0.1, 0.15) is 5.60 Å². The highest BCUT2D eigenvalue weighted by atomic mass is 32.2. The largest absolute Gasteiger partial charge is 0.393 e. The van der Waals surface area contributed by atoms with Gasteiger partial charge in [0.25, 0.3) is 0 Å². The van der Waals surface area contributed by atoms with E-state index < -0.39 is 5.60 Å². The molecule has 106 valence electrons. The van der Waals surface area contributed by atoms with Crippen LogP contribution < -0.4 is 0 Å². The van der Waals surface area contributed by atoms with Gasteiger partial charge in [-0.2, -0.15) is 0 Å². The first-order valence-electron chi connectivity index (χ1n) is 6.99. The van der Waals surface area contributed by atoms with E-state index in [-0.39, 0.29) is 6.61 Å². The molecule has 2 rings (SSSR count). The molecule has 1 unspecified atom stereocenters. The summed E-state index contributed by atoms with van der Waals surface area (Å²) >= 11 is 1.87. The van der Waals surface area contributed by atoms with Gasteiger partial charge in [0, 0.05) is 25.4 Å². The zero-order chi connectivity index (χ0) is 13.6. The highest BCUT2D eigenvalue weighted by Crippen LogP contribution is 2.31. The summed E-state index contributed by atoms with van der Waals surface area (Å²) in [6.45, 7) is 4.70. The molecule has 0 aliphatic carbocycles. The number of hydrogen-bond acceptors (Lipinski definition) is 4. The lowest BCUT2D eigenvalue weighted by molar-refractivity contribution is -0.0795. The Kier molecular flexibility index (Phi) is 5.70. The summed E-state index contributed by atoms with van der Waals surface area (Å²) in [6.07, 6.45) is 2.19. The van der Waals surface area contributed by atoms with Crippen LogP contribution in [-0.4, -0.2) is 41.5 Å². The monoisotopic (exact) mass is 281 g/mol. The molecule has 4 heteroatoms. The summed E-state index contributed by atoms with van der Waals surface area (Å²) < 4.78 is 8.38. The fourth-order valence-electron chi connectivity index (χ4n) is 2.35. The number of benzene rings is 1. The molecule has 1 heterocycles. The summed E-state index contributed by atoms with van der Waals surface area (Å²) in [5.74, 6) is 1.12. The SMILES string of the molecule is CCCSN1CCCOC(CO)(c2ccccc2)C1. The van der Waals surface area contributed by atoms with Crippen LogP contribution in [0.4, 0.5) is 0 Å². The molecule has 0 spiro atoms. The summed E-state index contributed by atoms with van der Waals surface area (Å²) in [6, 6.07) is 10.1. The van der Waals surface area contributed by atoms with E-state index in [0.29, 0.717) is 6.61 Å². The molecule has 0 aromatic heterocycles. The maximum atomic E-state index is 9.90. The van der Waals surface area contributed by atoms with Gasteiger partial charge >= 0.3 is 0 Å². The molecule has 0 amide bonds. The Morgan fingerprint density at radius 3 is 2.84 bits per heavy atom. The van der Waals surface area contributed by atoms with Gasteiger partial charge in [-0.1, -0.05) is 49.2 Å². The number of aliphatic hydroxyl groups excluding tert-OH is 1. The van der Waals surface area contributed by atoms with E-state index in [2.05, 4.69) is 11.2 Å². The van der Waals surface area contributed by atoms with Crippen LogP contribution in [0.1, 0.15) is 25.3 Å². The Morgan fingerprint density at radius 2 is 2.16 bits per heavy atom. The van der Waals surface area contributed by atoms with E-state index in [9.17, 15) is 5.11 Å². The summed E-state index contributed by atoms with van der Waals surface area (Å²) in [4.78, 5) is 0. The molecule has 1 aromatic carbocycles. The molecular weight excluding hydrogens is 258 g/mol. The van der Waals surface area contributed by atoms with Crippen LogP contribution in [-0.2, 0) is 10.3 Å². The van der Waals surface area contributed by atoms with E-state index in [4.69, 9.17) is 4.74 Å². The van der Waals surface area contributed by atoms with Crippen molar-refractivity contribution in [3.05, 3.63) is 35.9 Å². The molecular formula is C15H23NO2S. The van der Waals surface area contributed by atoms with Gasteiger partial charge < -0.3 is 9.84 Å². The second-order valence-electron chi connectivity index (χ2n) is 4.92. The Labute approximate surface area is 120 Å². The molecule has 1 saturated heterocycles. The molecule has 1 aromatic rings. The number of hydrogen-bond donors (Lipinski definition) is 1. The molecule has 1 aliphatic rings. The van der Waals surface area contributed by atoms with Crippen molar-refractivity contribution in [3.63, 3.8) is 0 Å². The van der Waals surface area contributed by atoms with Gasteiger partial charge in [-0.25, -0.2) is 4.31 Å². The van der Waals surface area contributed by atoms with E-state index in [1.807, 2.05) is 42.3 Å². The van der Waals surface area contributed by atoms with Gasteiger partial charge in [0.05, 0.1) is 6.61 Å². The van der Waals surface area contributed by atoms with Crippen LogP contribution in [0, 0.1) is 0 Å². The van der Waals surface area contributed by atoms with Crippen LogP contribution in [0.5, 0.6) is 0 Å². The lowest BCUT2D eigenvalue weighted by atomic mass is 9.94. The van der Waals surface area contributed by atoms with E-state index >= 15 is 0 Å². The minimum atomic E-state index is -0.571. The molecule has 0 radical (unpaired) electrons. The Hall–Kier alpha value is -0.550. The Balaban J connectivity index is 2.17. The average molecular weight is 281 g/mol. The van der Waals surface area contributed by atoms with Crippen LogP contribution in [0.25, 0.3) is 0 Å². The van der Waals surface area contributed by atoms with Gasteiger partial charge in [0.2, 0.25) is 0 Å². The molecule has 1 aliphatic heterocycles. The quantitative estimate of drug-likeness (QED) is 0.841. The number of ether oxygens (including phenoxy) is 1. The van der Waals surface area contributed by atoms with E-state index in [1.165, 1.54) is 6.42 Å². The van der Waals surface area contributed by atoms with Crippen LogP contribution in [0.2, 0.25) is 0 Å². The first kappa shape index (κ1) is 14.9. The number of aliphatic hydroxyl groups is 1. The molecule has 19 heavy (non-hydrogen) atoms. The van der Waals surface area contributed by atoms with Crippen molar-refractivity contribution < 1.29 is 9.84 Å². The molecule has 1 atom stereocenters.